The summed E-state index contributed by atoms with van der Waals surface area (Å²) in [5, 5.41) is 3.52. The SMILES string of the molecule is c1ccc(SCCC2(C3CCCC3)CNC2)cc1. The Labute approximate surface area is 115 Å². The van der Waals surface area contributed by atoms with Crippen LogP contribution in [0.2, 0.25) is 0 Å². The third-order valence-corrected chi connectivity index (χ3v) is 5.80. The summed E-state index contributed by atoms with van der Waals surface area (Å²) in [6, 6.07) is 10.8. The number of hydrogen-bond acceptors (Lipinski definition) is 2. The lowest BCUT2D eigenvalue weighted by Crippen LogP contribution is -2.57. The highest BCUT2D eigenvalue weighted by Crippen LogP contribution is 2.45. The standard InChI is InChI=1S/C16H23NS/c1-2-8-15(9-3-1)18-11-10-16(12-17-13-16)14-6-4-5-7-14/h1-3,8-9,14,17H,4-7,10-13H2. The minimum Gasteiger partial charge on any atom is -0.316 e. The molecular formula is C16H23NS. The molecule has 0 aromatic heterocycles. The van der Waals surface area contributed by atoms with Gasteiger partial charge in [0.15, 0.2) is 0 Å². The Bertz CT molecular complexity index is 366. The fourth-order valence-corrected chi connectivity index (χ4v) is 4.64. The maximum Gasteiger partial charge on any atom is 0.00719 e. The van der Waals surface area contributed by atoms with Gasteiger partial charge < -0.3 is 5.32 Å². The summed E-state index contributed by atoms with van der Waals surface area (Å²) in [4.78, 5) is 1.42. The van der Waals surface area contributed by atoms with Crippen LogP contribution < -0.4 is 5.32 Å². The molecule has 2 fully saturated rings. The van der Waals surface area contributed by atoms with Gasteiger partial charge in [-0.05, 0) is 48.5 Å². The number of thioether (sulfide) groups is 1. The molecule has 2 aliphatic rings. The van der Waals surface area contributed by atoms with Crippen molar-refractivity contribution in [3.63, 3.8) is 0 Å². The zero-order chi connectivity index (χ0) is 12.3. The Hall–Kier alpha value is -0.470. The van der Waals surface area contributed by atoms with E-state index in [1.54, 1.807) is 0 Å². The fraction of sp³-hybridized carbons (Fsp3) is 0.625. The van der Waals surface area contributed by atoms with Crippen LogP contribution in [0.15, 0.2) is 35.2 Å². The van der Waals surface area contributed by atoms with E-state index in [2.05, 4.69) is 35.6 Å². The van der Waals surface area contributed by atoms with Crippen molar-refractivity contribution < 1.29 is 0 Å². The van der Waals surface area contributed by atoms with E-state index in [4.69, 9.17) is 0 Å². The summed E-state index contributed by atoms with van der Waals surface area (Å²) in [5.74, 6) is 2.29. The Kier molecular flexibility index (Phi) is 3.95. The first kappa shape index (κ1) is 12.6. The third kappa shape index (κ3) is 2.60. The molecule has 1 aliphatic carbocycles. The average molecular weight is 261 g/mol. The summed E-state index contributed by atoms with van der Waals surface area (Å²) < 4.78 is 0. The monoisotopic (exact) mass is 261 g/mol. The van der Waals surface area contributed by atoms with Crippen LogP contribution in [0, 0.1) is 11.3 Å². The Morgan fingerprint density at radius 2 is 1.83 bits per heavy atom. The molecule has 1 saturated heterocycles. The van der Waals surface area contributed by atoms with Gasteiger partial charge >= 0.3 is 0 Å². The van der Waals surface area contributed by atoms with Crippen molar-refractivity contribution in [1.82, 2.24) is 5.32 Å². The summed E-state index contributed by atoms with van der Waals surface area (Å²) in [6.45, 7) is 2.54. The summed E-state index contributed by atoms with van der Waals surface area (Å²) in [7, 11) is 0. The molecule has 18 heavy (non-hydrogen) atoms. The van der Waals surface area contributed by atoms with Crippen LogP contribution in [0.5, 0.6) is 0 Å². The van der Waals surface area contributed by atoms with Crippen molar-refractivity contribution in [3.05, 3.63) is 30.3 Å². The van der Waals surface area contributed by atoms with Crippen LogP contribution in [0.4, 0.5) is 0 Å². The van der Waals surface area contributed by atoms with Gasteiger partial charge in [-0.1, -0.05) is 31.0 Å². The van der Waals surface area contributed by atoms with Crippen molar-refractivity contribution in [1.29, 1.82) is 0 Å². The largest absolute Gasteiger partial charge is 0.316 e. The molecule has 0 atom stereocenters. The molecule has 1 nitrogen and oxygen atoms in total. The highest BCUT2D eigenvalue weighted by atomic mass is 32.2. The topological polar surface area (TPSA) is 12.0 Å². The van der Waals surface area contributed by atoms with Crippen LogP contribution >= 0.6 is 11.8 Å². The minimum atomic E-state index is 0.651. The van der Waals surface area contributed by atoms with Crippen LogP contribution in [-0.4, -0.2) is 18.8 Å². The molecule has 2 heteroatoms. The zero-order valence-corrected chi connectivity index (χ0v) is 11.8. The summed E-state index contributed by atoms with van der Waals surface area (Å²) >= 11 is 2.03. The number of rotatable bonds is 5. The molecule has 1 saturated carbocycles. The lowest BCUT2D eigenvalue weighted by molar-refractivity contribution is 0.0775. The molecule has 98 valence electrons. The smallest absolute Gasteiger partial charge is 0.00719 e. The molecule has 1 N–H and O–H groups in total. The highest BCUT2D eigenvalue weighted by Gasteiger charge is 2.44. The van der Waals surface area contributed by atoms with Gasteiger partial charge in [0.2, 0.25) is 0 Å². The van der Waals surface area contributed by atoms with Gasteiger partial charge in [0.05, 0.1) is 0 Å². The first-order valence-electron chi connectivity index (χ1n) is 7.28. The molecule has 1 aromatic carbocycles. The molecule has 0 amide bonds. The van der Waals surface area contributed by atoms with Gasteiger partial charge in [-0.2, -0.15) is 0 Å². The summed E-state index contributed by atoms with van der Waals surface area (Å²) in [6.07, 6.45) is 7.30. The first-order valence-corrected chi connectivity index (χ1v) is 8.26. The first-order chi connectivity index (χ1) is 8.89. The van der Waals surface area contributed by atoms with Crippen molar-refractivity contribution in [2.24, 2.45) is 11.3 Å². The second-order valence-corrected chi connectivity index (χ2v) is 7.03. The van der Waals surface area contributed by atoms with Gasteiger partial charge in [-0.25, -0.2) is 0 Å². The third-order valence-electron chi connectivity index (χ3n) is 4.79. The second kappa shape index (κ2) is 5.66. The van der Waals surface area contributed by atoms with E-state index in [0.717, 1.165) is 5.92 Å². The van der Waals surface area contributed by atoms with Gasteiger partial charge in [0.1, 0.15) is 0 Å². The number of benzene rings is 1. The van der Waals surface area contributed by atoms with Gasteiger partial charge in [-0.15, -0.1) is 11.8 Å². The van der Waals surface area contributed by atoms with E-state index in [0.29, 0.717) is 5.41 Å². The van der Waals surface area contributed by atoms with E-state index < -0.39 is 0 Å². The van der Waals surface area contributed by atoms with E-state index in [9.17, 15) is 0 Å². The molecule has 0 radical (unpaired) electrons. The van der Waals surface area contributed by atoms with Crippen molar-refractivity contribution >= 4 is 11.8 Å². The molecule has 1 aromatic rings. The van der Waals surface area contributed by atoms with Crippen molar-refractivity contribution in [3.8, 4) is 0 Å². The molecule has 0 bridgehead atoms. The predicted octanol–water partition coefficient (Wildman–Crippen LogP) is 3.95. The Morgan fingerprint density at radius 1 is 1.11 bits per heavy atom. The van der Waals surface area contributed by atoms with Gasteiger partial charge in [-0.3, -0.25) is 0 Å². The lowest BCUT2D eigenvalue weighted by Gasteiger charge is -2.47. The maximum absolute atomic E-state index is 3.52. The van der Waals surface area contributed by atoms with E-state index in [1.807, 2.05) is 11.8 Å². The van der Waals surface area contributed by atoms with Gasteiger partial charge in [0, 0.05) is 18.0 Å². The number of nitrogens with one attached hydrogen (secondary N) is 1. The molecule has 0 spiro atoms. The van der Waals surface area contributed by atoms with E-state index in [1.165, 1.54) is 55.8 Å². The molecule has 0 unspecified atom stereocenters. The molecule has 1 heterocycles. The Balaban J connectivity index is 1.52. The fourth-order valence-electron chi connectivity index (χ4n) is 3.54. The predicted molar refractivity (Wildman–Crippen MR) is 79.0 cm³/mol. The van der Waals surface area contributed by atoms with Crippen LogP contribution in [-0.2, 0) is 0 Å². The maximum atomic E-state index is 3.52. The summed E-state index contributed by atoms with van der Waals surface area (Å²) in [5.41, 5.74) is 0.651. The average Bonchev–Trinajstić information content (AvgIpc) is 2.88. The minimum absolute atomic E-state index is 0.651. The van der Waals surface area contributed by atoms with Crippen LogP contribution in [0.25, 0.3) is 0 Å². The quantitative estimate of drug-likeness (QED) is 0.806. The Morgan fingerprint density at radius 3 is 2.44 bits per heavy atom. The zero-order valence-electron chi connectivity index (χ0n) is 11.0. The van der Waals surface area contributed by atoms with E-state index in [-0.39, 0.29) is 0 Å². The second-order valence-electron chi connectivity index (χ2n) is 5.86. The van der Waals surface area contributed by atoms with Crippen LogP contribution in [0.3, 0.4) is 0 Å². The molecule has 1 aliphatic heterocycles. The lowest BCUT2D eigenvalue weighted by atomic mass is 9.68. The molecule has 3 rings (SSSR count). The van der Waals surface area contributed by atoms with E-state index >= 15 is 0 Å². The normalized spacial score (nSPS) is 22.9. The number of hydrogen-bond donors (Lipinski definition) is 1. The molecular weight excluding hydrogens is 238 g/mol. The highest BCUT2D eigenvalue weighted by molar-refractivity contribution is 7.99. The van der Waals surface area contributed by atoms with Crippen molar-refractivity contribution in [2.45, 2.75) is 37.0 Å². The van der Waals surface area contributed by atoms with Crippen molar-refractivity contribution in [2.75, 3.05) is 18.8 Å². The van der Waals surface area contributed by atoms with Crippen LogP contribution in [0.1, 0.15) is 32.1 Å². The van der Waals surface area contributed by atoms with Gasteiger partial charge in [0.25, 0.3) is 0 Å².